The molecule has 0 fully saturated rings. The summed E-state index contributed by atoms with van der Waals surface area (Å²) < 4.78 is 0. The summed E-state index contributed by atoms with van der Waals surface area (Å²) in [5, 5.41) is 40.5. The number of nitrogens with zero attached hydrogens (tertiary/aromatic N) is 2. The number of hydrogen-bond acceptors (Lipinski definition) is 6. The largest absolute Gasteiger partial charge is 0.481 e. The lowest BCUT2D eigenvalue weighted by molar-refractivity contribution is -0.137. The maximum absolute atomic E-state index is 11.6. The normalized spacial score (nSPS) is 14.7. The third-order valence-corrected chi connectivity index (χ3v) is 8.65. The quantitative estimate of drug-likeness (QED) is 0.168. The van der Waals surface area contributed by atoms with E-state index >= 15 is 0 Å². The molecule has 10 nitrogen and oxygen atoms in total. The molecule has 230 valence electrons. The Morgan fingerprint density at radius 2 is 1.02 bits per heavy atom. The molecular formula is C34H38N4O6. The standard InChI is InChI=1S/C34H38N4O6/c1-15-21(7-9-31(41)42)27-14-28-22(8-10-32(43)44)16(2)24(36-28)12-29-34(20(6)40)18(4)26(38-29)13-30-33(19(5)39)17(3)25(37-30)11-23(15)35-27/h11-14,19-20,37-40H,7-10H2,1-6H3,(H,41,42)(H,43,44)/t19?,20-/m0/s1. The first kappa shape index (κ1) is 30.9. The molecule has 0 aromatic carbocycles. The predicted octanol–water partition coefficient (Wildman–Crippen LogP) is 6.63. The minimum absolute atomic E-state index is 0.0750. The number of fused-ring (bicyclic) bond motifs is 8. The van der Waals surface area contributed by atoms with E-state index in [2.05, 4.69) is 9.97 Å². The van der Waals surface area contributed by atoms with Crippen molar-refractivity contribution in [3.05, 3.63) is 69.3 Å². The van der Waals surface area contributed by atoms with Crippen LogP contribution in [-0.4, -0.2) is 52.3 Å². The Kier molecular flexibility index (Phi) is 8.33. The molecule has 0 saturated carbocycles. The number of aliphatic carboxylic acids is 2. The highest BCUT2D eigenvalue weighted by atomic mass is 16.4. The lowest BCUT2D eigenvalue weighted by Crippen LogP contribution is -1.97. The first-order valence-corrected chi connectivity index (χ1v) is 14.7. The Hall–Kier alpha value is -4.54. The summed E-state index contributed by atoms with van der Waals surface area (Å²) in [4.78, 5) is 39.8. The molecule has 5 rings (SSSR count). The van der Waals surface area contributed by atoms with Crippen LogP contribution in [0.15, 0.2) is 24.3 Å². The van der Waals surface area contributed by atoms with Gasteiger partial charge in [0.2, 0.25) is 0 Å². The van der Waals surface area contributed by atoms with Gasteiger partial charge < -0.3 is 30.4 Å². The second kappa shape index (κ2) is 11.9. The summed E-state index contributed by atoms with van der Waals surface area (Å²) in [5.74, 6) is -1.84. The predicted molar refractivity (Wildman–Crippen MR) is 170 cm³/mol. The molecule has 0 spiro atoms. The van der Waals surface area contributed by atoms with Crippen LogP contribution in [0.1, 0.15) is 111 Å². The highest BCUT2D eigenvalue weighted by Gasteiger charge is 2.23. The van der Waals surface area contributed by atoms with E-state index in [1.54, 1.807) is 13.8 Å². The molecule has 0 amide bonds. The molecule has 3 aromatic rings. The number of H-pyrrole nitrogens is 2. The lowest BCUT2D eigenvalue weighted by atomic mass is 9.98. The van der Waals surface area contributed by atoms with Gasteiger partial charge in [-0.2, -0.15) is 0 Å². The van der Waals surface area contributed by atoms with Crippen LogP contribution in [0, 0.1) is 13.8 Å². The minimum Gasteiger partial charge on any atom is -0.481 e. The molecule has 8 bridgehead atoms. The van der Waals surface area contributed by atoms with E-state index in [0.29, 0.717) is 39.4 Å². The van der Waals surface area contributed by atoms with Crippen LogP contribution in [-0.2, 0) is 9.59 Å². The number of carboxylic acid groups (broad SMARTS) is 2. The average molecular weight is 599 g/mol. The van der Waals surface area contributed by atoms with Gasteiger partial charge in [-0.15, -0.1) is 0 Å². The van der Waals surface area contributed by atoms with Crippen molar-refractivity contribution in [1.29, 1.82) is 0 Å². The van der Waals surface area contributed by atoms with Crippen molar-refractivity contribution in [2.75, 3.05) is 0 Å². The van der Waals surface area contributed by atoms with Crippen molar-refractivity contribution in [3.8, 4) is 0 Å². The Labute approximate surface area is 254 Å². The van der Waals surface area contributed by atoms with Crippen LogP contribution < -0.4 is 0 Å². The zero-order valence-electron chi connectivity index (χ0n) is 25.8. The molecule has 10 heteroatoms. The second-order valence-electron chi connectivity index (χ2n) is 11.7. The number of aromatic nitrogens is 4. The Morgan fingerprint density at radius 3 is 1.43 bits per heavy atom. The van der Waals surface area contributed by atoms with Gasteiger partial charge in [0, 0.05) is 46.0 Å². The zero-order valence-corrected chi connectivity index (χ0v) is 25.8. The molecule has 0 saturated heterocycles. The summed E-state index contributed by atoms with van der Waals surface area (Å²) in [5.41, 5.74) is 11.7. The van der Waals surface area contributed by atoms with Gasteiger partial charge in [-0.05, 0) is 112 Å². The number of carbonyl (C=O) groups is 2. The van der Waals surface area contributed by atoms with Crippen LogP contribution >= 0.6 is 0 Å². The van der Waals surface area contributed by atoms with E-state index in [1.165, 1.54) is 0 Å². The number of aromatic amines is 2. The third-order valence-electron chi connectivity index (χ3n) is 8.65. The maximum atomic E-state index is 11.6. The fraction of sp³-hybridized carbons (Fsp3) is 0.353. The SMILES string of the molecule is CC1=C(CCC(=O)O)c2cc3nc(cc4[nH]c(cc5[nH]c(cc1n2)c(C)c5C(C)O)c(C)c4[C@H](C)O)C(C)=C3CCC(=O)O. The van der Waals surface area contributed by atoms with Gasteiger partial charge in [-0.25, -0.2) is 9.97 Å². The van der Waals surface area contributed by atoms with Gasteiger partial charge in [-0.3, -0.25) is 9.59 Å². The monoisotopic (exact) mass is 598 g/mol. The molecule has 44 heavy (non-hydrogen) atoms. The molecule has 2 atom stereocenters. The zero-order chi connectivity index (χ0) is 32.0. The maximum Gasteiger partial charge on any atom is 0.303 e. The Morgan fingerprint density at radius 1 is 0.636 bits per heavy atom. The van der Waals surface area contributed by atoms with Crippen molar-refractivity contribution >= 4 is 56.3 Å². The highest BCUT2D eigenvalue weighted by molar-refractivity contribution is 5.96. The second-order valence-corrected chi connectivity index (χ2v) is 11.7. The Bertz CT molecular complexity index is 1920. The summed E-state index contributed by atoms with van der Waals surface area (Å²) >= 11 is 0. The van der Waals surface area contributed by atoms with E-state index < -0.39 is 24.1 Å². The van der Waals surface area contributed by atoms with Crippen molar-refractivity contribution in [2.24, 2.45) is 0 Å². The van der Waals surface area contributed by atoms with Crippen LogP contribution in [0.2, 0.25) is 0 Å². The smallest absolute Gasteiger partial charge is 0.303 e. The van der Waals surface area contributed by atoms with Crippen LogP contribution in [0.3, 0.4) is 0 Å². The summed E-state index contributed by atoms with van der Waals surface area (Å²) in [6.45, 7) is 11.1. The molecule has 6 N–H and O–H groups in total. The molecule has 2 aliphatic rings. The molecular weight excluding hydrogens is 560 g/mol. The first-order valence-electron chi connectivity index (χ1n) is 14.7. The fourth-order valence-corrected chi connectivity index (χ4v) is 6.32. The number of aliphatic hydroxyl groups is 2. The van der Waals surface area contributed by atoms with Gasteiger partial charge in [0.15, 0.2) is 0 Å². The van der Waals surface area contributed by atoms with Crippen LogP contribution in [0.25, 0.3) is 44.4 Å². The number of allylic oxidation sites excluding steroid dienone is 4. The summed E-state index contributed by atoms with van der Waals surface area (Å²) in [6.07, 6.45) is -1.18. The van der Waals surface area contributed by atoms with Crippen molar-refractivity contribution in [2.45, 2.75) is 79.4 Å². The minimum atomic E-state index is -0.921. The van der Waals surface area contributed by atoms with Gasteiger partial charge in [0.05, 0.1) is 35.0 Å². The van der Waals surface area contributed by atoms with E-state index in [-0.39, 0.29) is 25.7 Å². The van der Waals surface area contributed by atoms with Crippen molar-refractivity contribution in [3.63, 3.8) is 0 Å². The van der Waals surface area contributed by atoms with E-state index in [1.807, 2.05) is 52.0 Å². The average Bonchev–Trinajstić information content (AvgIpc) is 3.59. The molecule has 0 aliphatic carbocycles. The van der Waals surface area contributed by atoms with E-state index in [9.17, 15) is 30.0 Å². The Balaban J connectivity index is 1.95. The van der Waals surface area contributed by atoms with Gasteiger partial charge in [-0.1, -0.05) is 0 Å². The number of aryl methyl sites for hydroxylation is 2. The van der Waals surface area contributed by atoms with Crippen molar-refractivity contribution < 1.29 is 30.0 Å². The number of carboxylic acids is 2. The van der Waals surface area contributed by atoms with E-state index in [0.717, 1.165) is 50.0 Å². The van der Waals surface area contributed by atoms with Gasteiger partial charge >= 0.3 is 11.9 Å². The van der Waals surface area contributed by atoms with E-state index in [4.69, 9.17) is 9.97 Å². The molecule has 3 aromatic heterocycles. The lowest BCUT2D eigenvalue weighted by Gasteiger charge is -2.05. The van der Waals surface area contributed by atoms with Crippen LogP contribution in [0.5, 0.6) is 0 Å². The molecule has 5 heterocycles. The number of nitrogens with one attached hydrogen (secondary N) is 2. The topological polar surface area (TPSA) is 172 Å². The molecule has 1 unspecified atom stereocenters. The summed E-state index contributed by atoms with van der Waals surface area (Å²) in [6, 6.07) is 7.51. The van der Waals surface area contributed by atoms with Gasteiger partial charge in [0.1, 0.15) is 0 Å². The molecule has 2 aliphatic heterocycles. The number of aliphatic hydroxyl groups excluding tert-OH is 2. The third kappa shape index (κ3) is 5.70. The molecule has 0 radical (unpaired) electrons. The first-order chi connectivity index (χ1) is 20.8. The fourth-order valence-electron chi connectivity index (χ4n) is 6.32. The van der Waals surface area contributed by atoms with Crippen molar-refractivity contribution in [1.82, 2.24) is 19.9 Å². The highest BCUT2D eigenvalue weighted by Crippen LogP contribution is 2.38. The van der Waals surface area contributed by atoms with Crippen LogP contribution in [0.4, 0.5) is 0 Å². The summed E-state index contributed by atoms with van der Waals surface area (Å²) in [7, 11) is 0. The van der Waals surface area contributed by atoms with Gasteiger partial charge in [0.25, 0.3) is 0 Å². The number of rotatable bonds is 8. The number of hydrogen-bond donors (Lipinski definition) is 6.